The Kier molecular flexibility index (Phi) is 3.49. The van der Waals surface area contributed by atoms with Gasteiger partial charge < -0.3 is 0 Å². The maximum atomic E-state index is 12.8. The van der Waals surface area contributed by atoms with E-state index in [1.54, 1.807) is 0 Å². The van der Waals surface area contributed by atoms with Gasteiger partial charge in [0.25, 0.3) is 0 Å². The molecule has 0 N–H and O–H groups in total. The molecule has 1 aromatic carbocycles. The Morgan fingerprint density at radius 3 is 2.25 bits per heavy atom. The number of halogens is 6. The maximum Gasteiger partial charge on any atom is 0.416 e. The van der Waals surface area contributed by atoms with E-state index in [-0.39, 0.29) is 18.2 Å². The third-order valence-electron chi connectivity index (χ3n) is 2.58. The van der Waals surface area contributed by atoms with Gasteiger partial charge in [0, 0.05) is 12.3 Å². The molecule has 1 aromatic heterocycles. The van der Waals surface area contributed by atoms with Gasteiger partial charge >= 0.3 is 12.4 Å². The molecule has 2 aromatic rings. The van der Waals surface area contributed by atoms with Gasteiger partial charge in [0.05, 0.1) is 23.9 Å². The maximum absolute atomic E-state index is 12.8. The molecular formula is C12H7F6N2. The van der Waals surface area contributed by atoms with Crippen LogP contribution in [-0.2, 0) is 18.9 Å². The van der Waals surface area contributed by atoms with Crippen LogP contribution in [0.25, 0.3) is 0 Å². The van der Waals surface area contributed by atoms with Crippen LogP contribution in [0.4, 0.5) is 26.3 Å². The van der Waals surface area contributed by atoms with Crippen molar-refractivity contribution in [3.63, 3.8) is 0 Å². The van der Waals surface area contributed by atoms with Crippen molar-refractivity contribution in [3.05, 3.63) is 53.3 Å². The number of rotatable bonds is 2. The van der Waals surface area contributed by atoms with Crippen LogP contribution in [0.2, 0.25) is 0 Å². The lowest BCUT2D eigenvalue weighted by molar-refractivity contribution is -0.143. The molecule has 1 heterocycles. The largest absolute Gasteiger partial charge is 0.416 e. The molecule has 107 valence electrons. The summed E-state index contributed by atoms with van der Waals surface area (Å²) in [5.41, 5.74) is -2.94. The molecule has 0 aliphatic rings. The van der Waals surface area contributed by atoms with Crippen molar-refractivity contribution in [1.82, 2.24) is 9.78 Å². The third kappa shape index (κ3) is 3.12. The Balaban J connectivity index is 2.46. The van der Waals surface area contributed by atoms with Crippen molar-refractivity contribution in [2.24, 2.45) is 0 Å². The second kappa shape index (κ2) is 4.84. The monoisotopic (exact) mass is 293 g/mol. The fourth-order valence-electron chi connectivity index (χ4n) is 1.68. The number of benzene rings is 1. The van der Waals surface area contributed by atoms with Crippen molar-refractivity contribution in [3.8, 4) is 0 Å². The van der Waals surface area contributed by atoms with Crippen LogP contribution >= 0.6 is 0 Å². The summed E-state index contributed by atoms with van der Waals surface area (Å²) in [7, 11) is 0. The van der Waals surface area contributed by atoms with E-state index in [0.29, 0.717) is 6.07 Å². The standard InChI is InChI=1S/C12H7F6N2/c13-11(14,15)9-3-2-8(7-20-5-1-4-19-20)10(6-9)12(16,17)18/h2-6H,7H2. The Bertz CT molecular complexity index is 583. The molecule has 0 amide bonds. The van der Waals surface area contributed by atoms with Gasteiger partial charge in [0.15, 0.2) is 0 Å². The van der Waals surface area contributed by atoms with Gasteiger partial charge in [-0.05, 0) is 17.7 Å². The van der Waals surface area contributed by atoms with Crippen molar-refractivity contribution in [2.45, 2.75) is 18.9 Å². The van der Waals surface area contributed by atoms with E-state index in [1.165, 1.54) is 12.4 Å². The van der Waals surface area contributed by atoms with E-state index in [2.05, 4.69) is 11.2 Å². The van der Waals surface area contributed by atoms with Crippen molar-refractivity contribution in [1.29, 1.82) is 0 Å². The molecule has 0 aliphatic carbocycles. The molecule has 0 aliphatic heterocycles. The third-order valence-corrected chi connectivity index (χ3v) is 2.58. The van der Waals surface area contributed by atoms with E-state index < -0.39 is 23.5 Å². The number of hydrogen-bond acceptors (Lipinski definition) is 1. The lowest BCUT2D eigenvalue weighted by atomic mass is 10.0. The molecule has 0 atom stereocenters. The molecule has 0 spiro atoms. The quantitative estimate of drug-likeness (QED) is 0.771. The van der Waals surface area contributed by atoms with Crippen LogP contribution in [0.3, 0.4) is 0 Å². The molecule has 0 unspecified atom stereocenters. The highest BCUT2D eigenvalue weighted by molar-refractivity contribution is 5.35. The average Bonchev–Trinajstić information content (AvgIpc) is 2.79. The molecule has 2 nitrogen and oxygen atoms in total. The van der Waals surface area contributed by atoms with E-state index >= 15 is 0 Å². The summed E-state index contributed by atoms with van der Waals surface area (Å²) in [5, 5.41) is 3.68. The summed E-state index contributed by atoms with van der Waals surface area (Å²) in [6.07, 6.45) is -7.14. The molecule has 0 saturated heterocycles. The van der Waals surface area contributed by atoms with E-state index in [9.17, 15) is 26.3 Å². The highest BCUT2D eigenvalue weighted by Gasteiger charge is 2.38. The summed E-state index contributed by atoms with van der Waals surface area (Å²) in [4.78, 5) is 0. The highest BCUT2D eigenvalue weighted by Crippen LogP contribution is 2.37. The molecule has 2 rings (SSSR count). The summed E-state index contributed by atoms with van der Waals surface area (Å²) >= 11 is 0. The summed E-state index contributed by atoms with van der Waals surface area (Å²) in [6, 6.07) is 4.08. The van der Waals surface area contributed by atoms with E-state index in [1.807, 2.05) is 0 Å². The van der Waals surface area contributed by atoms with E-state index in [0.717, 1.165) is 10.7 Å². The minimum absolute atomic E-state index is 0.114. The number of alkyl halides is 6. The van der Waals surface area contributed by atoms with Crippen LogP contribution in [0.1, 0.15) is 16.7 Å². The lowest BCUT2D eigenvalue weighted by Crippen LogP contribution is -2.15. The minimum atomic E-state index is -4.87. The van der Waals surface area contributed by atoms with Crippen LogP contribution < -0.4 is 0 Å². The van der Waals surface area contributed by atoms with Crippen LogP contribution in [0.15, 0.2) is 30.6 Å². The van der Waals surface area contributed by atoms with Crippen molar-refractivity contribution in [2.75, 3.05) is 0 Å². The zero-order chi connectivity index (χ0) is 15.0. The van der Waals surface area contributed by atoms with E-state index in [4.69, 9.17) is 0 Å². The summed E-state index contributed by atoms with van der Waals surface area (Å²) in [5.74, 6) is 0. The number of nitrogens with zero attached hydrogens (tertiary/aromatic N) is 2. The SMILES string of the molecule is FC(F)(F)c1ccc(Cn2c[c]cn2)c(C(F)(F)F)c1. The van der Waals surface area contributed by atoms with Crippen molar-refractivity contribution < 1.29 is 26.3 Å². The van der Waals surface area contributed by atoms with Gasteiger partial charge in [0.1, 0.15) is 0 Å². The summed E-state index contributed by atoms with van der Waals surface area (Å²) < 4.78 is 77.1. The second-order valence-corrected chi connectivity index (χ2v) is 4.01. The normalized spacial score (nSPS) is 12.7. The van der Waals surface area contributed by atoms with Gasteiger partial charge in [-0.15, -0.1) is 0 Å². The zero-order valence-electron chi connectivity index (χ0n) is 9.76. The predicted molar refractivity (Wildman–Crippen MR) is 56.6 cm³/mol. The van der Waals surface area contributed by atoms with Gasteiger partial charge in [-0.2, -0.15) is 31.4 Å². The molecule has 0 fully saturated rings. The van der Waals surface area contributed by atoms with Gasteiger partial charge in [-0.25, -0.2) is 0 Å². The second-order valence-electron chi connectivity index (χ2n) is 4.01. The predicted octanol–water partition coefficient (Wildman–Crippen LogP) is 3.77. The molecule has 1 radical (unpaired) electrons. The Labute approximate surface area is 109 Å². The first-order valence-corrected chi connectivity index (χ1v) is 5.34. The minimum Gasteiger partial charge on any atom is -0.268 e. The smallest absolute Gasteiger partial charge is 0.268 e. The first kappa shape index (κ1) is 14.4. The van der Waals surface area contributed by atoms with Gasteiger partial charge in [0.2, 0.25) is 0 Å². The van der Waals surface area contributed by atoms with Crippen LogP contribution in [-0.4, -0.2) is 9.78 Å². The number of aromatic nitrogens is 2. The van der Waals surface area contributed by atoms with Gasteiger partial charge in [-0.1, -0.05) is 6.07 Å². The van der Waals surface area contributed by atoms with Gasteiger partial charge in [-0.3, -0.25) is 4.68 Å². The molecule has 0 bridgehead atoms. The molecule has 0 saturated carbocycles. The van der Waals surface area contributed by atoms with Crippen LogP contribution in [0.5, 0.6) is 0 Å². The van der Waals surface area contributed by atoms with Crippen LogP contribution in [0, 0.1) is 6.07 Å². The topological polar surface area (TPSA) is 17.8 Å². The molecule has 8 heteroatoms. The average molecular weight is 293 g/mol. The number of hydrogen-bond donors (Lipinski definition) is 0. The zero-order valence-corrected chi connectivity index (χ0v) is 9.76. The lowest BCUT2D eigenvalue weighted by Gasteiger charge is -2.16. The Morgan fingerprint density at radius 1 is 1.05 bits per heavy atom. The first-order valence-electron chi connectivity index (χ1n) is 5.34. The van der Waals surface area contributed by atoms with Crippen molar-refractivity contribution >= 4 is 0 Å². The molecule has 20 heavy (non-hydrogen) atoms. The summed E-state index contributed by atoms with van der Waals surface area (Å²) in [6.45, 7) is -0.281. The molecular weight excluding hydrogens is 286 g/mol. The highest BCUT2D eigenvalue weighted by atomic mass is 19.4. The Hall–Kier alpha value is -1.99. The fourth-order valence-corrected chi connectivity index (χ4v) is 1.68. The first-order chi connectivity index (χ1) is 9.18. The Morgan fingerprint density at radius 2 is 1.75 bits per heavy atom. The fraction of sp³-hybridized carbons (Fsp3) is 0.250.